The van der Waals surface area contributed by atoms with Gasteiger partial charge in [-0.25, -0.2) is 9.97 Å². The van der Waals surface area contributed by atoms with Crippen molar-refractivity contribution in [1.29, 1.82) is 0 Å². The molecule has 0 saturated carbocycles. The van der Waals surface area contributed by atoms with Crippen LogP contribution < -0.4 is 5.32 Å². The predicted octanol–water partition coefficient (Wildman–Crippen LogP) is 3.68. The van der Waals surface area contributed by atoms with Crippen molar-refractivity contribution in [3.05, 3.63) is 52.9 Å². The van der Waals surface area contributed by atoms with Crippen molar-refractivity contribution >= 4 is 23.3 Å². The summed E-state index contributed by atoms with van der Waals surface area (Å²) in [4.78, 5) is 20.1. The Morgan fingerprint density at radius 3 is 2.55 bits per heavy atom. The molecule has 0 bridgehead atoms. The third kappa shape index (κ3) is 3.33. The second kappa shape index (κ2) is 5.59. The van der Waals surface area contributed by atoms with E-state index in [2.05, 4.69) is 36.1 Å². The molecule has 104 valence electrons. The Kier molecular flexibility index (Phi) is 4.04. The van der Waals surface area contributed by atoms with Crippen molar-refractivity contribution in [3.8, 4) is 0 Å². The molecule has 0 radical (unpaired) electrons. The summed E-state index contributed by atoms with van der Waals surface area (Å²) in [6, 6.07) is 9.05. The van der Waals surface area contributed by atoms with Crippen molar-refractivity contribution in [2.75, 3.05) is 5.32 Å². The highest BCUT2D eigenvalue weighted by atomic mass is 35.5. The molecular weight excluding hydrogens is 274 g/mol. The number of benzene rings is 1. The molecule has 1 amide bonds. The number of carbonyl (C=O) groups excluding carboxylic acids is 1. The molecule has 0 aliphatic rings. The Bertz CT molecular complexity index is 635. The summed E-state index contributed by atoms with van der Waals surface area (Å²) in [5, 5.41) is 3.03. The van der Waals surface area contributed by atoms with Crippen LogP contribution in [0.5, 0.6) is 0 Å². The molecule has 1 aromatic heterocycles. The lowest BCUT2D eigenvalue weighted by atomic mass is 9.83. The van der Waals surface area contributed by atoms with Crippen LogP contribution in [0.2, 0.25) is 5.15 Å². The van der Waals surface area contributed by atoms with Crippen molar-refractivity contribution in [2.45, 2.75) is 26.2 Å². The van der Waals surface area contributed by atoms with E-state index in [0.29, 0.717) is 16.5 Å². The average molecular weight is 290 g/mol. The highest BCUT2D eigenvalue weighted by Gasteiger charge is 2.21. The van der Waals surface area contributed by atoms with Gasteiger partial charge in [-0.3, -0.25) is 4.79 Å². The Labute approximate surface area is 123 Å². The number of rotatable bonds is 2. The second-order valence-electron chi connectivity index (χ2n) is 5.48. The minimum atomic E-state index is -0.203. The summed E-state index contributed by atoms with van der Waals surface area (Å²) in [6.07, 6.45) is 1.31. The number of amides is 1. The fourth-order valence-corrected chi connectivity index (χ4v) is 2.07. The molecule has 5 heteroatoms. The number of nitrogens with one attached hydrogen (secondary N) is 1. The fourth-order valence-electron chi connectivity index (χ4n) is 1.92. The van der Waals surface area contributed by atoms with Crippen molar-refractivity contribution < 1.29 is 4.79 Å². The molecule has 4 nitrogen and oxygen atoms in total. The van der Waals surface area contributed by atoms with Crippen molar-refractivity contribution in [3.63, 3.8) is 0 Å². The zero-order valence-corrected chi connectivity index (χ0v) is 12.4. The van der Waals surface area contributed by atoms with Crippen LogP contribution in [-0.4, -0.2) is 15.9 Å². The van der Waals surface area contributed by atoms with Crippen LogP contribution in [0.1, 0.15) is 36.7 Å². The van der Waals surface area contributed by atoms with Crippen LogP contribution >= 0.6 is 11.6 Å². The van der Waals surface area contributed by atoms with Gasteiger partial charge in [0.2, 0.25) is 0 Å². The first kappa shape index (κ1) is 14.5. The molecule has 0 aliphatic carbocycles. The van der Waals surface area contributed by atoms with Gasteiger partial charge in [-0.2, -0.15) is 0 Å². The van der Waals surface area contributed by atoms with Crippen LogP contribution in [-0.2, 0) is 5.41 Å². The van der Waals surface area contributed by atoms with Gasteiger partial charge in [0.15, 0.2) is 0 Å². The maximum absolute atomic E-state index is 12.4. The Hall–Kier alpha value is -1.94. The maximum Gasteiger partial charge on any atom is 0.257 e. The van der Waals surface area contributed by atoms with Gasteiger partial charge in [0.1, 0.15) is 17.3 Å². The summed E-state index contributed by atoms with van der Waals surface area (Å²) in [7, 11) is 0. The normalized spacial score (nSPS) is 11.2. The monoisotopic (exact) mass is 289 g/mol. The van der Waals surface area contributed by atoms with Gasteiger partial charge in [0.25, 0.3) is 5.91 Å². The lowest BCUT2D eigenvalue weighted by Gasteiger charge is -2.22. The molecule has 0 fully saturated rings. The van der Waals surface area contributed by atoms with Crippen LogP contribution in [0.25, 0.3) is 0 Å². The van der Waals surface area contributed by atoms with Crippen LogP contribution in [0.15, 0.2) is 36.7 Å². The Morgan fingerprint density at radius 2 is 1.90 bits per heavy atom. The molecule has 20 heavy (non-hydrogen) atoms. The van der Waals surface area contributed by atoms with Gasteiger partial charge < -0.3 is 5.32 Å². The third-order valence-electron chi connectivity index (χ3n) is 2.86. The molecule has 2 rings (SSSR count). The molecular formula is C15H16ClN3O. The van der Waals surface area contributed by atoms with E-state index < -0.39 is 0 Å². The van der Waals surface area contributed by atoms with Gasteiger partial charge in [-0.05, 0) is 17.0 Å². The van der Waals surface area contributed by atoms with Crippen molar-refractivity contribution in [1.82, 2.24) is 9.97 Å². The lowest BCUT2D eigenvalue weighted by Crippen LogP contribution is -2.21. The van der Waals surface area contributed by atoms with Crippen molar-refractivity contribution in [2.24, 2.45) is 0 Å². The highest BCUT2D eigenvalue weighted by molar-refractivity contribution is 6.29. The van der Waals surface area contributed by atoms with Gasteiger partial charge in [0.05, 0.1) is 0 Å². The zero-order chi connectivity index (χ0) is 14.8. The largest absolute Gasteiger partial charge is 0.306 e. The Balaban J connectivity index is 2.31. The summed E-state index contributed by atoms with van der Waals surface area (Å²) in [5.74, 6) is 0.184. The minimum absolute atomic E-state index is 0.114. The lowest BCUT2D eigenvalue weighted by molar-refractivity contribution is 0.102. The molecule has 0 atom stereocenters. The minimum Gasteiger partial charge on any atom is -0.306 e. The summed E-state index contributed by atoms with van der Waals surface area (Å²) in [6.45, 7) is 6.21. The zero-order valence-electron chi connectivity index (χ0n) is 11.6. The molecule has 0 unspecified atom stereocenters. The van der Waals surface area contributed by atoms with E-state index in [1.165, 1.54) is 12.4 Å². The number of halogens is 1. The Morgan fingerprint density at radius 1 is 1.20 bits per heavy atom. The molecule has 0 spiro atoms. The van der Waals surface area contributed by atoms with E-state index in [-0.39, 0.29) is 11.3 Å². The number of anilines is 1. The first-order valence-electron chi connectivity index (χ1n) is 6.26. The molecule has 1 heterocycles. The average Bonchev–Trinajstić information content (AvgIpc) is 2.37. The summed E-state index contributed by atoms with van der Waals surface area (Å²) < 4.78 is 0. The van der Waals surface area contributed by atoms with Gasteiger partial charge in [-0.15, -0.1) is 0 Å². The van der Waals surface area contributed by atoms with Crippen LogP contribution in [0.3, 0.4) is 0 Å². The number of hydrogen-bond donors (Lipinski definition) is 1. The molecule has 0 aliphatic heterocycles. The molecule has 2 aromatic rings. The number of carbonyl (C=O) groups is 1. The standard InChI is InChI=1S/C15H16ClN3O/c1-15(2,3)11-7-5-4-6-10(11)14(20)19-13-8-12(16)17-9-18-13/h4-9H,1-3H3,(H,17,18,19,20). The topological polar surface area (TPSA) is 54.9 Å². The van der Waals surface area contributed by atoms with Crippen LogP contribution in [0, 0.1) is 0 Å². The number of hydrogen-bond acceptors (Lipinski definition) is 3. The third-order valence-corrected chi connectivity index (χ3v) is 3.06. The summed E-state index contributed by atoms with van der Waals surface area (Å²) >= 11 is 5.78. The summed E-state index contributed by atoms with van der Waals surface area (Å²) in [5.41, 5.74) is 1.50. The SMILES string of the molecule is CC(C)(C)c1ccccc1C(=O)Nc1cc(Cl)ncn1. The molecule has 1 N–H and O–H groups in total. The first-order valence-corrected chi connectivity index (χ1v) is 6.64. The quantitative estimate of drug-likeness (QED) is 0.858. The van der Waals surface area contributed by atoms with Gasteiger partial charge >= 0.3 is 0 Å². The molecule has 0 saturated heterocycles. The highest BCUT2D eigenvalue weighted by Crippen LogP contribution is 2.26. The van der Waals surface area contributed by atoms with E-state index in [1.54, 1.807) is 6.07 Å². The van der Waals surface area contributed by atoms with Crippen LogP contribution in [0.4, 0.5) is 5.82 Å². The van der Waals surface area contributed by atoms with Gasteiger partial charge in [0, 0.05) is 11.6 Å². The smallest absolute Gasteiger partial charge is 0.257 e. The van der Waals surface area contributed by atoms with E-state index >= 15 is 0 Å². The molecule has 1 aromatic carbocycles. The first-order chi connectivity index (χ1) is 9.38. The predicted molar refractivity (Wildman–Crippen MR) is 80.1 cm³/mol. The van der Waals surface area contributed by atoms with E-state index in [9.17, 15) is 4.79 Å². The van der Waals surface area contributed by atoms with E-state index in [4.69, 9.17) is 11.6 Å². The maximum atomic E-state index is 12.4. The fraction of sp³-hybridized carbons (Fsp3) is 0.267. The van der Waals surface area contributed by atoms with E-state index in [0.717, 1.165) is 5.56 Å². The van der Waals surface area contributed by atoms with E-state index in [1.807, 2.05) is 18.2 Å². The van der Waals surface area contributed by atoms with Gasteiger partial charge in [-0.1, -0.05) is 50.6 Å². The second-order valence-corrected chi connectivity index (χ2v) is 5.86. The number of aromatic nitrogens is 2. The number of nitrogens with zero attached hydrogens (tertiary/aromatic N) is 2.